The van der Waals surface area contributed by atoms with Gasteiger partial charge in [-0.25, -0.2) is 9.59 Å². The highest BCUT2D eigenvalue weighted by atomic mass is 35.5. The summed E-state index contributed by atoms with van der Waals surface area (Å²) in [6.07, 6.45) is 3.40. The standard InChI is InChI=1S/C40H39Cl2F2N3O9.CH2O2/c41-29-19-46(52)20-30(42)28(29)17-34(25-10-11-33(55-39(43)44)35(16-25)53-22-23-8-9-23)54-38(50)27-5-3-4-26(37(27)49)18-47(31-6-1-2-7-32(31)48)40(51)56-36-21-45-14-12-24(36)13-15-45;2-1-3/h1-7,10-11,16,19-20,23-24,34,36,39,48-49H,8-9,12-15,17-18,21-22H2;1H,(H,2,3)/t34-,36-;/m0./s1. The van der Waals surface area contributed by atoms with Crippen LogP contribution in [0.1, 0.15) is 58.8 Å². The van der Waals surface area contributed by atoms with E-state index in [4.69, 9.17) is 52.1 Å². The van der Waals surface area contributed by atoms with Gasteiger partial charge in [0.05, 0.1) is 18.8 Å². The van der Waals surface area contributed by atoms with Gasteiger partial charge < -0.3 is 39.5 Å². The van der Waals surface area contributed by atoms with Crippen LogP contribution in [-0.4, -0.2) is 77.7 Å². The number of halogens is 4. The second-order valence-corrected chi connectivity index (χ2v) is 15.1. The molecule has 1 amide bonds. The number of aromatic hydroxyl groups is 2. The number of ether oxygens (including phenoxy) is 4. The Labute approximate surface area is 347 Å². The van der Waals surface area contributed by atoms with Gasteiger partial charge in [-0.2, -0.15) is 13.5 Å². The number of pyridine rings is 1. The highest BCUT2D eigenvalue weighted by molar-refractivity contribution is 6.35. The number of carbonyl (C=O) groups excluding carboxylic acids is 2. The largest absolute Gasteiger partial charge is 0.619 e. The van der Waals surface area contributed by atoms with E-state index in [1.165, 1.54) is 47.4 Å². The van der Waals surface area contributed by atoms with Crippen molar-refractivity contribution in [2.24, 2.45) is 11.8 Å². The van der Waals surface area contributed by atoms with Crippen molar-refractivity contribution in [3.05, 3.63) is 111 Å². The normalized spacial score (nSPS) is 18.6. The number of phenols is 2. The van der Waals surface area contributed by atoms with E-state index in [1.807, 2.05) is 0 Å². The number of phenolic OH excluding ortho intramolecular Hbond substituents is 2. The van der Waals surface area contributed by atoms with Crippen LogP contribution in [-0.2, 0) is 27.2 Å². The number of hydrogen-bond donors (Lipinski definition) is 3. The molecule has 3 aliphatic heterocycles. The molecule has 14 nitrogen and oxygen atoms in total. The molecule has 0 spiro atoms. The number of nitrogens with zero attached hydrogens (tertiary/aromatic N) is 3. The summed E-state index contributed by atoms with van der Waals surface area (Å²) >= 11 is 12.8. The Balaban J connectivity index is 0.00000189. The van der Waals surface area contributed by atoms with E-state index in [2.05, 4.69) is 4.90 Å². The summed E-state index contributed by atoms with van der Waals surface area (Å²) in [5.74, 6) is -1.42. The lowest BCUT2D eigenvalue weighted by atomic mass is 9.86. The molecule has 4 aliphatic rings. The molecular weight excluding hydrogens is 819 g/mol. The number of amides is 1. The molecule has 3 aromatic carbocycles. The van der Waals surface area contributed by atoms with Gasteiger partial charge in [-0.1, -0.05) is 53.5 Å². The number of rotatable bonds is 14. The monoisotopic (exact) mass is 859 g/mol. The average molecular weight is 861 g/mol. The molecule has 4 fully saturated rings. The summed E-state index contributed by atoms with van der Waals surface area (Å²) in [5.41, 5.74) is 0.559. The molecule has 0 unspecified atom stereocenters. The van der Waals surface area contributed by atoms with Crippen molar-refractivity contribution in [3.63, 3.8) is 0 Å². The van der Waals surface area contributed by atoms with E-state index in [0.29, 0.717) is 11.3 Å². The first-order valence-electron chi connectivity index (χ1n) is 18.7. The minimum Gasteiger partial charge on any atom is -0.619 e. The fraction of sp³-hybridized carbons (Fsp3) is 0.366. The maximum absolute atomic E-state index is 14.0. The molecule has 3 N–H and O–H groups in total. The molecule has 8 rings (SSSR count). The first-order valence-corrected chi connectivity index (χ1v) is 19.5. The van der Waals surface area contributed by atoms with Crippen LogP contribution in [0.4, 0.5) is 19.3 Å². The molecule has 1 saturated carbocycles. The summed E-state index contributed by atoms with van der Waals surface area (Å²) in [5, 5.41) is 41.2. The number of hydrogen-bond acceptors (Lipinski definition) is 11. The molecule has 1 aromatic heterocycles. The van der Waals surface area contributed by atoms with Crippen LogP contribution in [0.15, 0.2) is 73.1 Å². The highest BCUT2D eigenvalue weighted by Crippen LogP contribution is 2.39. The summed E-state index contributed by atoms with van der Waals surface area (Å²) in [6, 6.07) is 14.7. The second-order valence-electron chi connectivity index (χ2n) is 14.3. The smallest absolute Gasteiger partial charge is 0.415 e. The van der Waals surface area contributed by atoms with Crippen molar-refractivity contribution in [2.45, 2.75) is 57.5 Å². The molecular formula is C41H41Cl2F2N3O11. The Kier molecular flexibility index (Phi) is 14.2. The van der Waals surface area contributed by atoms with E-state index in [0.717, 1.165) is 51.2 Å². The number of carboxylic acid groups (broad SMARTS) is 1. The van der Waals surface area contributed by atoms with Crippen LogP contribution >= 0.6 is 23.2 Å². The van der Waals surface area contributed by atoms with Crippen molar-refractivity contribution in [1.29, 1.82) is 0 Å². The van der Waals surface area contributed by atoms with Crippen molar-refractivity contribution >= 4 is 47.4 Å². The average Bonchev–Trinajstić information content (AvgIpc) is 4.04. The molecule has 314 valence electrons. The van der Waals surface area contributed by atoms with Crippen molar-refractivity contribution < 1.29 is 62.2 Å². The number of benzene rings is 3. The Bertz CT molecular complexity index is 2110. The minimum atomic E-state index is -3.13. The SMILES string of the molecule is O=C(O[C@@H](Cc1c(Cl)c[n+]([O-])cc1Cl)c1ccc(OC(F)F)c(OCC2CC2)c1)c1cccc(CN(C(=O)O[C@H]2CN3CCC2CC3)c2ccccc2O)c1O.O=CO. The number of para-hydroxylation sites is 3. The molecule has 2 atom stereocenters. The molecule has 2 bridgehead atoms. The van der Waals surface area contributed by atoms with E-state index in [9.17, 15) is 33.8 Å². The molecule has 59 heavy (non-hydrogen) atoms. The minimum absolute atomic E-state index is 0.00219. The van der Waals surface area contributed by atoms with Gasteiger partial charge in [0.25, 0.3) is 6.47 Å². The van der Waals surface area contributed by atoms with E-state index < -0.39 is 30.5 Å². The van der Waals surface area contributed by atoms with Gasteiger partial charge >= 0.3 is 18.7 Å². The van der Waals surface area contributed by atoms with Gasteiger partial charge in [0, 0.05) is 24.1 Å². The summed E-state index contributed by atoms with van der Waals surface area (Å²) < 4.78 is 49.6. The lowest BCUT2D eigenvalue weighted by molar-refractivity contribution is -0.605. The van der Waals surface area contributed by atoms with Crippen LogP contribution in [0, 0.1) is 17.0 Å². The van der Waals surface area contributed by atoms with Crippen LogP contribution in [0.25, 0.3) is 0 Å². The van der Waals surface area contributed by atoms with Gasteiger partial charge in [-0.15, -0.1) is 0 Å². The first-order chi connectivity index (χ1) is 28.3. The number of anilines is 1. The van der Waals surface area contributed by atoms with Crippen molar-refractivity contribution in [3.8, 4) is 23.0 Å². The molecule has 3 saturated heterocycles. The third kappa shape index (κ3) is 10.9. The number of alkyl halides is 2. The van der Waals surface area contributed by atoms with E-state index >= 15 is 0 Å². The molecule has 4 aromatic rings. The first kappa shape index (κ1) is 43.0. The zero-order valence-corrected chi connectivity index (χ0v) is 32.9. The van der Waals surface area contributed by atoms with Gasteiger partial charge in [-0.05, 0) is 86.5 Å². The predicted octanol–water partition coefficient (Wildman–Crippen LogP) is 7.51. The highest BCUT2D eigenvalue weighted by Gasteiger charge is 2.38. The van der Waals surface area contributed by atoms with Gasteiger partial charge in [-0.3, -0.25) is 14.6 Å². The molecule has 0 radical (unpaired) electrons. The van der Waals surface area contributed by atoms with Crippen LogP contribution < -0.4 is 19.1 Å². The van der Waals surface area contributed by atoms with Crippen molar-refractivity contribution in [1.82, 2.24) is 4.90 Å². The lowest BCUT2D eigenvalue weighted by Crippen LogP contribution is -2.53. The number of carbonyl (C=O) groups is 3. The molecule has 4 heterocycles. The zero-order chi connectivity index (χ0) is 42.2. The number of fused-ring (bicyclic) bond motifs is 3. The predicted molar refractivity (Wildman–Crippen MR) is 209 cm³/mol. The number of piperidine rings is 3. The van der Waals surface area contributed by atoms with Crippen molar-refractivity contribution in [2.75, 3.05) is 31.1 Å². The summed E-state index contributed by atoms with van der Waals surface area (Å²) in [7, 11) is 0. The maximum atomic E-state index is 14.0. The van der Waals surface area contributed by atoms with Crippen LogP contribution in [0.3, 0.4) is 0 Å². The number of aromatic nitrogens is 1. The Hall–Kier alpha value is -5.58. The lowest BCUT2D eigenvalue weighted by Gasteiger charge is -2.44. The zero-order valence-electron chi connectivity index (χ0n) is 31.4. The van der Waals surface area contributed by atoms with E-state index in [1.54, 1.807) is 18.2 Å². The molecule has 1 aliphatic carbocycles. The fourth-order valence-electron chi connectivity index (χ4n) is 7.09. The Morgan fingerprint density at radius 3 is 2.31 bits per heavy atom. The Morgan fingerprint density at radius 1 is 0.983 bits per heavy atom. The van der Waals surface area contributed by atoms with Crippen LogP contribution in [0.2, 0.25) is 10.0 Å². The summed E-state index contributed by atoms with van der Waals surface area (Å²) in [6.45, 7) is -0.911. The van der Waals surface area contributed by atoms with Gasteiger partial charge in [0.2, 0.25) is 0 Å². The van der Waals surface area contributed by atoms with Crippen LogP contribution in [0.5, 0.6) is 23.0 Å². The topological polar surface area (TPSA) is 182 Å². The quantitative estimate of drug-likeness (QED) is 0.0492. The molecule has 18 heteroatoms. The number of esters is 1. The van der Waals surface area contributed by atoms with E-state index in [-0.39, 0.29) is 99.2 Å². The third-order valence-corrected chi connectivity index (χ3v) is 11.0. The van der Waals surface area contributed by atoms with Gasteiger partial charge in [0.15, 0.2) is 23.9 Å². The third-order valence-electron chi connectivity index (χ3n) is 10.3. The Morgan fingerprint density at radius 2 is 1.68 bits per heavy atom. The fourth-order valence-corrected chi connectivity index (χ4v) is 7.69. The summed E-state index contributed by atoms with van der Waals surface area (Å²) in [4.78, 5) is 39.6. The maximum Gasteiger partial charge on any atom is 0.415 e. The second kappa shape index (κ2) is 19.4. The van der Waals surface area contributed by atoms with Gasteiger partial charge in [0.1, 0.15) is 39.3 Å².